The first-order chi connectivity index (χ1) is 9.33. The fourth-order valence-electron chi connectivity index (χ4n) is 3.10. The van der Waals surface area contributed by atoms with Gasteiger partial charge in [0.1, 0.15) is 5.82 Å². The Bertz CT molecular complexity index is 552. The molecule has 2 aromatic rings. The van der Waals surface area contributed by atoms with Crippen molar-refractivity contribution in [2.24, 2.45) is 5.73 Å². The van der Waals surface area contributed by atoms with Crippen LogP contribution in [0, 0.1) is 0 Å². The minimum Gasteiger partial charge on any atom is -0.325 e. The highest BCUT2D eigenvalue weighted by Crippen LogP contribution is 2.28. The van der Waals surface area contributed by atoms with E-state index in [-0.39, 0.29) is 0 Å². The van der Waals surface area contributed by atoms with E-state index in [2.05, 4.69) is 39.4 Å². The fraction of sp³-hybridized carbons (Fsp3) is 0.533. The third-order valence-electron chi connectivity index (χ3n) is 4.27. The van der Waals surface area contributed by atoms with Crippen molar-refractivity contribution in [3.63, 3.8) is 0 Å². The molecule has 3 rings (SSSR count). The fourth-order valence-corrected chi connectivity index (χ4v) is 3.10. The maximum absolute atomic E-state index is 5.86. The number of rotatable bonds is 3. The molecule has 4 heteroatoms. The Morgan fingerprint density at radius 1 is 1.32 bits per heavy atom. The topological polar surface area (TPSA) is 46.6 Å². The first-order valence-electron chi connectivity index (χ1n) is 7.21. The number of hydrogen-bond donors (Lipinski definition) is 1. The highest BCUT2D eigenvalue weighted by atomic mass is 15.1. The predicted molar refractivity (Wildman–Crippen MR) is 77.2 cm³/mol. The summed E-state index contributed by atoms with van der Waals surface area (Å²) in [5, 5.41) is 0. The predicted octanol–water partition coefficient (Wildman–Crippen LogP) is 1.99. The lowest BCUT2D eigenvalue weighted by atomic mass is 9.96. The molecule has 0 atom stereocenters. The van der Waals surface area contributed by atoms with Crippen molar-refractivity contribution in [2.45, 2.75) is 32.2 Å². The zero-order valence-corrected chi connectivity index (χ0v) is 11.5. The van der Waals surface area contributed by atoms with Crippen LogP contribution < -0.4 is 5.73 Å². The summed E-state index contributed by atoms with van der Waals surface area (Å²) >= 11 is 0. The van der Waals surface area contributed by atoms with Crippen molar-refractivity contribution in [3.05, 3.63) is 35.9 Å². The third kappa shape index (κ3) is 2.26. The Morgan fingerprint density at radius 3 is 2.79 bits per heavy atom. The van der Waals surface area contributed by atoms with Gasteiger partial charge in [-0.3, -0.25) is 4.40 Å². The summed E-state index contributed by atoms with van der Waals surface area (Å²) < 4.78 is 2.26. The van der Waals surface area contributed by atoms with E-state index in [1.807, 2.05) is 6.20 Å². The van der Waals surface area contributed by atoms with Crippen molar-refractivity contribution >= 4 is 5.52 Å². The molecule has 19 heavy (non-hydrogen) atoms. The van der Waals surface area contributed by atoms with Crippen molar-refractivity contribution in [3.8, 4) is 0 Å². The quantitative estimate of drug-likeness (QED) is 0.916. The van der Waals surface area contributed by atoms with Crippen molar-refractivity contribution in [1.29, 1.82) is 0 Å². The first kappa shape index (κ1) is 12.6. The van der Waals surface area contributed by atoms with Gasteiger partial charge in [0.05, 0.1) is 11.7 Å². The molecule has 102 valence electrons. The number of imidazole rings is 1. The van der Waals surface area contributed by atoms with Gasteiger partial charge in [0.25, 0.3) is 0 Å². The summed E-state index contributed by atoms with van der Waals surface area (Å²) in [4.78, 5) is 7.18. The maximum atomic E-state index is 5.86. The summed E-state index contributed by atoms with van der Waals surface area (Å²) in [6.07, 6.45) is 4.37. The van der Waals surface area contributed by atoms with Gasteiger partial charge in [-0.1, -0.05) is 13.0 Å². The first-order valence-corrected chi connectivity index (χ1v) is 7.21. The normalized spacial score (nSPS) is 18.2. The van der Waals surface area contributed by atoms with Crippen LogP contribution in [0.5, 0.6) is 0 Å². The number of nitrogens with zero attached hydrogens (tertiary/aromatic N) is 3. The molecule has 2 N–H and O–H groups in total. The highest BCUT2D eigenvalue weighted by molar-refractivity contribution is 5.48. The number of fused-ring (bicyclic) bond motifs is 1. The summed E-state index contributed by atoms with van der Waals surface area (Å²) in [5.41, 5.74) is 8.18. The van der Waals surface area contributed by atoms with E-state index in [1.165, 1.54) is 31.8 Å². The lowest BCUT2D eigenvalue weighted by Gasteiger charge is -2.30. The second-order valence-electron chi connectivity index (χ2n) is 5.31. The van der Waals surface area contributed by atoms with Crippen LogP contribution in [0.25, 0.3) is 5.52 Å². The molecule has 0 aromatic carbocycles. The van der Waals surface area contributed by atoms with E-state index in [0.29, 0.717) is 12.5 Å². The Hall–Kier alpha value is -1.39. The average Bonchev–Trinajstić information content (AvgIpc) is 2.91. The van der Waals surface area contributed by atoms with Crippen LogP contribution in [0.2, 0.25) is 0 Å². The lowest BCUT2D eigenvalue weighted by molar-refractivity contribution is 0.219. The van der Waals surface area contributed by atoms with Crippen LogP contribution in [0.4, 0.5) is 0 Å². The van der Waals surface area contributed by atoms with Gasteiger partial charge in [-0.2, -0.15) is 0 Å². The van der Waals surface area contributed by atoms with E-state index in [0.717, 1.165) is 17.8 Å². The molecular formula is C15H22N4. The van der Waals surface area contributed by atoms with Gasteiger partial charge in [0.15, 0.2) is 0 Å². The molecule has 2 aromatic heterocycles. The van der Waals surface area contributed by atoms with E-state index in [4.69, 9.17) is 5.73 Å². The molecule has 0 unspecified atom stereocenters. The molecule has 3 heterocycles. The summed E-state index contributed by atoms with van der Waals surface area (Å²) in [6, 6.07) is 6.26. The SMILES string of the molecule is CCN1CCC(c2ncc3cccc(CN)n23)CC1. The minimum absolute atomic E-state index is 0.564. The van der Waals surface area contributed by atoms with Gasteiger partial charge in [-0.15, -0.1) is 0 Å². The van der Waals surface area contributed by atoms with Crippen LogP contribution in [0.1, 0.15) is 37.2 Å². The zero-order chi connectivity index (χ0) is 13.2. The van der Waals surface area contributed by atoms with Gasteiger partial charge in [0, 0.05) is 18.2 Å². The van der Waals surface area contributed by atoms with Gasteiger partial charge in [0.2, 0.25) is 0 Å². The summed E-state index contributed by atoms with van der Waals surface area (Å²) in [6.45, 7) is 6.32. The van der Waals surface area contributed by atoms with Crippen molar-refractivity contribution in [2.75, 3.05) is 19.6 Å². The monoisotopic (exact) mass is 258 g/mol. The molecule has 4 nitrogen and oxygen atoms in total. The number of likely N-dealkylation sites (tertiary alicyclic amines) is 1. The Balaban J connectivity index is 1.93. The van der Waals surface area contributed by atoms with E-state index in [9.17, 15) is 0 Å². The number of piperidine rings is 1. The minimum atomic E-state index is 0.564. The smallest absolute Gasteiger partial charge is 0.116 e. The van der Waals surface area contributed by atoms with Crippen LogP contribution in [0.15, 0.2) is 24.4 Å². The van der Waals surface area contributed by atoms with Crippen molar-refractivity contribution < 1.29 is 0 Å². The van der Waals surface area contributed by atoms with Gasteiger partial charge < -0.3 is 10.6 Å². The highest BCUT2D eigenvalue weighted by Gasteiger charge is 2.23. The van der Waals surface area contributed by atoms with Crippen LogP contribution in [-0.4, -0.2) is 33.9 Å². The molecule has 1 saturated heterocycles. The molecule has 0 bridgehead atoms. The van der Waals surface area contributed by atoms with Crippen molar-refractivity contribution in [1.82, 2.24) is 14.3 Å². The lowest BCUT2D eigenvalue weighted by Crippen LogP contribution is -2.33. The molecule has 1 aliphatic heterocycles. The zero-order valence-electron chi connectivity index (χ0n) is 11.5. The molecule has 0 spiro atoms. The number of hydrogen-bond acceptors (Lipinski definition) is 3. The standard InChI is InChI=1S/C15H22N4/c1-2-18-8-6-12(7-9-18)15-17-11-14-5-3-4-13(10-16)19(14)15/h3-5,11-12H,2,6-10,16H2,1H3. The van der Waals surface area contributed by atoms with Gasteiger partial charge in [-0.05, 0) is 44.6 Å². The van der Waals surface area contributed by atoms with E-state index >= 15 is 0 Å². The number of nitrogens with two attached hydrogens (primary N) is 1. The molecule has 0 amide bonds. The Kier molecular flexibility index (Phi) is 3.53. The maximum Gasteiger partial charge on any atom is 0.116 e. The molecule has 1 fully saturated rings. The van der Waals surface area contributed by atoms with Crippen LogP contribution in [-0.2, 0) is 6.54 Å². The molecular weight excluding hydrogens is 236 g/mol. The third-order valence-corrected chi connectivity index (χ3v) is 4.27. The largest absolute Gasteiger partial charge is 0.325 e. The number of aromatic nitrogens is 2. The van der Waals surface area contributed by atoms with E-state index < -0.39 is 0 Å². The van der Waals surface area contributed by atoms with Gasteiger partial charge >= 0.3 is 0 Å². The average molecular weight is 258 g/mol. The Labute approximate surface area is 114 Å². The summed E-state index contributed by atoms with van der Waals surface area (Å²) in [7, 11) is 0. The van der Waals surface area contributed by atoms with Gasteiger partial charge in [-0.25, -0.2) is 4.98 Å². The number of pyridine rings is 1. The van der Waals surface area contributed by atoms with Crippen LogP contribution in [0.3, 0.4) is 0 Å². The summed E-state index contributed by atoms with van der Waals surface area (Å²) in [5.74, 6) is 1.77. The second-order valence-corrected chi connectivity index (χ2v) is 5.31. The molecule has 0 aliphatic carbocycles. The van der Waals surface area contributed by atoms with E-state index in [1.54, 1.807) is 0 Å². The Morgan fingerprint density at radius 2 is 2.11 bits per heavy atom. The van der Waals surface area contributed by atoms with Crippen LogP contribution >= 0.6 is 0 Å². The molecule has 1 aliphatic rings. The molecule has 0 saturated carbocycles. The second kappa shape index (κ2) is 5.31. The molecule has 0 radical (unpaired) electrons.